The molecule has 5 heteroatoms. The van der Waals surface area contributed by atoms with Crippen molar-refractivity contribution in [2.75, 3.05) is 25.1 Å². The number of rotatable bonds is 8. The van der Waals surface area contributed by atoms with Gasteiger partial charge in [-0.25, -0.2) is 4.98 Å². The highest BCUT2D eigenvalue weighted by Gasteiger charge is 2.22. The lowest BCUT2D eigenvalue weighted by Crippen LogP contribution is -2.10. The molecule has 0 spiro atoms. The first-order valence-electron chi connectivity index (χ1n) is 7.31. The third kappa shape index (κ3) is 4.20. The van der Waals surface area contributed by atoms with Crippen molar-refractivity contribution in [3.8, 4) is 5.88 Å². The van der Waals surface area contributed by atoms with Gasteiger partial charge in [-0.05, 0) is 19.3 Å². The Balaban J connectivity index is 2.11. The Morgan fingerprint density at radius 1 is 1.55 bits per heavy atom. The number of aromatic nitrogens is 2. The van der Waals surface area contributed by atoms with Gasteiger partial charge in [0.15, 0.2) is 5.82 Å². The number of unbranched alkanes of at least 4 members (excludes halogenated alkanes) is 1. The minimum absolute atomic E-state index is 0.00555. The number of hydrogen-bond donors (Lipinski definition) is 1. The molecule has 1 aromatic rings. The summed E-state index contributed by atoms with van der Waals surface area (Å²) in [6, 6.07) is 1.83. The van der Waals surface area contributed by atoms with Crippen LogP contribution in [0.4, 0.5) is 5.82 Å². The van der Waals surface area contributed by atoms with Gasteiger partial charge in [0.05, 0.1) is 6.61 Å². The molecule has 0 radical (unpaired) electrons. The second-order valence-electron chi connectivity index (χ2n) is 4.82. The van der Waals surface area contributed by atoms with Gasteiger partial charge in [-0.15, -0.1) is 6.58 Å². The first-order valence-corrected chi connectivity index (χ1v) is 7.31. The highest BCUT2D eigenvalue weighted by Crippen LogP contribution is 2.28. The van der Waals surface area contributed by atoms with Gasteiger partial charge in [-0.2, -0.15) is 4.98 Å². The van der Waals surface area contributed by atoms with Crippen LogP contribution in [-0.4, -0.2) is 29.7 Å². The van der Waals surface area contributed by atoms with Gasteiger partial charge in [0.1, 0.15) is 11.9 Å². The van der Waals surface area contributed by atoms with Crippen LogP contribution < -0.4 is 10.1 Å². The lowest BCUT2D eigenvalue weighted by molar-refractivity contribution is 0.104. The van der Waals surface area contributed by atoms with E-state index in [4.69, 9.17) is 9.47 Å². The van der Waals surface area contributed by atoms with Crippen molar-refractivity contribution < 1.29 is 9.47 Å². The highest BCUT2D eigenvalue weighted by atomic mass is 16.5. The average Bonchev–Trinajstić information content (AvgIpc) is 2.99. The van der Waals surface area contributed by atoms with Crippen LogP contribution in [-0.2, 0) is 4.74 Å². The zero-order valence-corrected chi connectivity index (χ0v) is 12.1. The lowest BCUT2D eigenvalue weighted by atomic mass is 10.2. The molecule has 1 unspecified atom stereocenters. The molecule has 1 aliphatic heterocycles. The quantitative estimate of drug-likeness (QED) is 0.584. The largest absolute Gasteiger partial charge is 0.478 e. The molecule has 1 atom stereocenters. The zero-order valence-electron chi connectivity index (χ0n) is 12.1. The van der Waals surface area contributed by atoms with Crippen LogP contribution in [0.15, 0.2) is 18.7 Å². The number of anilines is 1. The van der Waals surface area contributed by atoms with Crippen molar-refractivity contribution in [2.24, 2.45) is 0 Å². The fraction of sp³-hybridized carbons (Fsp3) is 0.600. The molecule has 0 aromatic carbocycles. The third-order valence-corrected chi connectivity index (χ3v) is 3.11. The number of ether oxygens (including phenoxy) is 2. The molecule has 0 aliphatic carbocycles. The van der Waals surface area contributed by atoms with E-state index in [0.717, 1.165) is 38.1 Å². The summed E-state index contributed by atoms with van der Waals surface area (Å²) in [5.74, 6) is 2.09. The van der Waals surface area contributed by atoms with Crippen LogP contribution in [0.3, 0.4) is 0 Å². The number of nitrogens with one attached hydrogen (secondary N) is 1. The summed E-state index contributed by atoms with van der Waals surface area (Å²) in [7, 11) is 0. The number of hydrogen-bond acceptors (Lipinski definition) is 5. The third-order valence-electron chi connectivity index (χ3n) is 3.11. The van der Waals surface area contributed by atoms with E-state index >= 15 is 0 Å². The minimum Gasteiger partial charge on any atom is -0.478 e. The summed E-state index contributed by atoms with van der Waals surface area (Å²) in [6.45, 7) is 7.96. The first-order chi connectivity index (χ1) is 9.83. The average molecular weight is 277 g/mol. The van der Waals surface area contributed by atoms with Crippen molar-refractivity contribution in [3.05, 3.63) is 24.5 Å². The maximum Gasteiger partial charge on any atom is 0.218 e. The molecule has 5 nitrogen and oxygen atoms in total. The molecule has 2 rings (SSSR count). The summed E-state index contributed by atoms with van der Waals surface area (Å²) in [4.78, 5) is 8.98. The van der Waals surface area contributed by atoms with Crippen molar-refractivity contribution in [2.45, 2.75) is 38.7 Å². The Kier molecular flexibility index (Phi) is 5.80. The number of nitrogens with zero attached hydrogens (tertiary/aromatic N) is 2. The van der Waals surface area contributed by atoms with Crippen LogP contribution in [0.1, 0.15) is 44.5 Å². The molecule has 0 bridgehead atoms. The van der Waals surface area contributed by atoms with Gasteiger partial charge >= 0.3 is 0 Å². The Labute approximate surface area is 120 Å². The van der Waals surface area contributed by atoms with Crippen LogP contribution in [0.2, 0.25) is 0 Å². The summed E-state index contributed by atoms with van der Waals surface area (Å²) in [5, 5.41) is 3.18. The molecule has 1 N–H and O–H groups in total. The van der Waals surface area contributed by atoms with Gasteiger partial charge in [-0.1, -0.05) is 19.4 Å². The molecular formula is C15H23N3O2. The van der Waals surface area contributed by atoms with Crippen LogP contribution in [0.25, 0.3) is 0 Å². The second-order valence-corrected chi connectivity index (χ2v) is 4.82. The molecule has 20 heavy (non-hydrogen) atoms. The van der Waals surface area contributed by atoms with Gasteiger partial charge < -0.3 is 14.8 Å². The first kappa shape index (κ1) is 14.8. The maximum atomic E-state index is 5.69. The van der Waals surface area contributed by atoms with E-state index in [2.05, 4.69) is 28.8 Å². The van der Waals surface area contributed by atoms with E-state index in [9.17, 15) is 0 Å². The molecule has 1 fully saturated rings. The van der Waals surface area contributed by atoms with Crippen molar-refractivity contribution in [1.29, 1.82) is 0 Å². The van der Waals surface area contributed by atoms with Gasteiger partial charge in [-0.3, -0.25) is 0 Å². The fourth-order valence-corrected chi connectivity index (χ4v) is 2.03. The van der Waals surface area contributed by atoms with Crippen LogP contribution >= 0.6 is 0 Å². The normalized spacial score (nSPS) is 17.9. The van der Waals surface area contributed by atoms with E-state index in [1.165, 1.54) is 0 Å². The summed E-state index contributed by atoms with van der Waals surface area (Å²) in [5.41, 5.74) is 0. The molecule has 1 aromatic heterocycles. The van der Waals surface area contributed by atoms with E-state index in [1.807, 2.05) is 6.07 Å². The SMILES string of the molecule is C=CCNc1cc(OCCCC)nc(C2CCCO2)n1. The predicted octanol–water partition coefficient (Wildman–Crippen LogP) is 3.10. The second kappa shape index (κ2) is 7.85. The smallest absolute Gasteiger partial charge is 0.218 e. The zero-order chi connectivity index (χ0) is 14.2. The van der Waals surface area contributed by atoms with E-state index in [1.54, 1.807) is 6.08 Å². The Bertz CT molecular complexity index is 431. The standard InChI is InChI=1S/C15H23N3O2/c1-3-5-9-20-14-11-13(16-8-4-2)17-15(18-14)12-7-6-10-19-12/h4,11-12H,2-3,5-10H2,1H3,(H,16,17,18). The summed E-state index contributed by atoms with van der Waals surface area (Å²) >= 11 is 0. The van der Waals surface area contributed by atoms with Gasteiger partial charge in [0.25, 0.3) is 0 Å². The van der Waals surface area contributed by atoms with Crippen LogP contribution in [0.5, 0.6) is 5.88 Å². The molecule has 0 amide bonds. The van der Waals surface area contributed by atoms with Crippen molar-refractivity contribution >= 4 is 5.82 Å². The van der Waals surface area contributed by atoms with Crippen LogP contribution in [0, 0.1) is 0 Å². The van der Waals surface area contributed by atoms with Crippen molar-refractivity contribution in [3.63, 3.8) is 0 Å². The summed E-state index contributed by atoms with van der Waals surface area (Å²) < 4.78 is 11.3. The Morgan fingerprint density at radius 2 is 2.45 bits per heavy atom. The fourth-order valence-electron chi connectivity index (χ4n) is 2.03. The Hall–Kier alpha value is -1.62. The molecule has 110 valence electrons. The van der Waals surface area contributed by atoms with Gasteiger partial charge in [0.2, 0.25) is 5.88 Å². The monoisotopic (exact) mass is 277 g/mol. The lowest BCUT2D eigenvalue weighted by Gasteiger charge is -2.13. The maximum absolute atomic E-state index is 5.69. The highest BCUT2D eigenvalue weighted by molar-refractivity contribution is 5.39. The van der Waals surface area contributed by atoms with E-state index in [-0.39, 0.29) is 6.10 Å². The molecule has 2 heterocycles. The summed E-state index contributed by atoms with van der Waals surface area (Å²) in [6.07, 6.45) is 5.95. The minimum atomic E-state index is -0.00555. The molecular weight excluding hydrogens is 254 g/mol. The molecule has 1 aliphatic rings. The molecule has 1 saturated heterocycles. The van der Waals surface area contributed by atoms with Crippen molar-refractivity contribution in [1.82, 2.24) is 9.97 Å². The topological polar surface area (TPSA) is 56.3 Å². The van der Waals surface area contributed by atoms with E-state index < -0.39 is 0 Å². The van der Waals surface area contributed by atoms with E-state index in [0.29, 0.717) is 24.9 Å². The Morgan fingerprint density at radius 3 is 3.15 bits per heavy atom. The molecule has 0 saturated carbocycles. The van der Waals surface area contributed by atoms with Gasteiger partial charge in [0, 0.05) is 19.2 Å². The predicted molar refractivity (Wildman–Crippen MR) is 79.0 cm³/mol.